The van der Waals surface area contributed by atoms with E-state index in [2.05, 4.69) is 22.8 Å². The van der Waals surface area contributed by atoms with Crippen LogP contribution in [0, 0.1) is 0 Å². The Balaban J connectivity index is 1.88. The zero-order valence-electron chi connectivity index (χ0n) is 18.5. The molecule has 0 aliphatic carbocycles. The Bertz CT molecular complexity index is 608. The van der Waals surface area contributed by atoms with Crippen molar-refractivity contribution < 1.29 is 0 Å². The average molecular weight is 473 g/mol. The monoisotopic (exact) mass is 471 g/mol. The van der Waals surface area contributed by atoms with Crippen molar-refractivity contribution in [1.29, 1.82) is 0 Å². The number of nitrogens with zero attached hydrogens (tertiary/aromatic N) is 1. The number of thiocarbonyl (C=S) groups is 1. The maximum Gasteiger partial charge on any atom is 0.186 e. The lowest BCUT2D eigenvalue weighted by Gasteiger charge is -2.07. The lowest BCUT2D eigenvalue weighted by atomic mass is 10.0. The van der Waals surface area contributed by atoms with E-state index < -0.39 is 0 Å². The van der Waals surface area contributed by atoms with Crippen LogP contribution in [0.3, 0.4) is 0 Å². The molecule has 0 bridgehead atoms. The second-order valence-corrected chi connectivity index (χ2v) is 9.14. The van der Waals surface area contributed by atoms with E-state index in [-0.39, 0.29) is 0 Å². The minimum absolute atomic E-state index is 0.533. The summed E-state index contributed by atoms with van der Waals surface area (Å²) >= 11 is 17.2. The van der Waals surface area contributed by atoms with Gasteiger partial charge in [0, 0.05) is 17.1 Å². The van der Waals surface area contributed by atoms with E-state index in [4.69, 9.17) is 35.4 Å². The molecular formula is C24H39Cl2N3S. The highest BCUT2D eigenvalue weighted by Crippen LogP contribution is 2.19. The average Bonchev–Trinajstić information content (AvgIpc) is 2.72. The van der Waals surface area contributed by atoms with E-state index in [0.29, 0.717) is 15.2 Å². The van der Waals surface area contributed by atoms with E-state index in [1.54, 1.807) is 18.3 Å². The SMILES string of the molecule is CCCCCCCCCCCCCCCCNC(=S)N/N=C\c1ccc(Cl)cc1Cl. The van der Waals surface area contributed by atoms with E-state index in [9.17, 15) is 0 Å². The highest BCUT2D eigenvalue weighted by atomic mass is 35.5. The fourth-order valence-corrected chi connectivity index (χ4v) is 3.94. The smallest absolute Gasteiger partial charge is 0.186 e. The maximum absolute atomic E-state index is 6.10. The molecule has 0 fully saturated rings. The first-order valence-corrected chi connectivity index (χ1v) is 12.8. The minimum Gasteiger partial charge on any atom is -0.361 e. The number of benzene rings is 1. The molecule has 0 saturated heterocycles. The zero-order chi connectivity index (χ0) is 21.9. The summed E-state index contributed by atoms with van der Waals surface area (Å²) in [4.78, 5) is 0. The number of rotatable bonds is 17. The number of hydrogen-bond donors (Lipinski definition) is 2. The molecule has 170 valence electrons. The van der Waals surface area contributed by atoms with Crippen LogP contribution in [0.5, 0.6) is 0 Å². The molecule has 1 aromatic rings. The normalized spacial score (nSPS) is 11.2. The van der Waals surface area contributed by atoms with Crippen molar-refractivity contribution in [3.63, 3.8) is 0 Å². The zero-order valence-corrected chi connectivity index (χ0v) is 20.9. The maximum atomic E-state index is 6.10. The molecule has 0 saturated carbocycles. The van der Waals surface area contributed by atoms with Crippen LogP contribution in [0.4, 0.5) is 0 Å². The van der Waals surface area contributed by atoms with Gasteiger partial charge in [0.15, 0.2) is 5.11 Å². The van der Waals surface area contributed by atoms with Crippen LogP contribution in [-0.4, -0.2) is 17.9 Å². The number of hydrogen-bond acceptors (Lipinski definition) is 2. The first-order chi connectivity index (χ1) is 14.6. The van der Waals surface area contributed by atoms with Gasteiger partial charge in [-0.05, 0) is 30.8 Å². The van der Waals surface area contributed by atoms with Gasteiger partial charge >= 0.3 is 0 Å². The molecule has 0 aliphatic heterocycles. The first kappa shape index (κ1) is 27.2. The Hall–Kier alpha value is -0.840. The third kappa shape index (κ3) is 15.0. The molecule has 1 rings (SSSR count). The summed E-state index contributed by atoms with van der Waals surface area (Å²) in [5.74, 6) is 0. The summed E-state index contributed by atoms with van der Waals surface area (Å²) in [6, 6.07) is 5.29. The second kappa shape index (κ2) is 18.9. The van der Waals surface area contributed by atoms with Crippen LogP contribution in [0.25, 0.3) is 0 Å². The standard InChI is InChI=1S/C24H39Cl2N3S/c1-2-3-4-5-6-7-8-9-10-11-12-13-14-15-18-27-24(30)29-28-20-21-16-17-22(25)19-23(21)26/h16-17,19-20H,2-15,18H2,1H3,(H2,27,29,30)/b28-20-. The minimum atomic E-state index is 0.533. The quantitative estimate of drug-likeness (QED) is 0.104. The number of nitrogens with one attached hydrogen (secondary N) is 2. The predicted octanol–water partition coefficient (Wildman–Crippen LogP) is 8.27. The van der Waals surface area contributed by atoms with Crippen molar-refractivity contribution in [3.05, 3.63) is 33.8 Å². The lowest BCUT2D eigenvalue weighted by Crippen LogP contribution is -2.32. The molecule has 3 nitrogen and oxygen atoms in total. The van der Waals surface area contributed by atoms with Crippen molar-refractivity contribution >= 4 is 46.7 Å². The Morgan fingerprint density at radius 3 is 1.93 bits per heavy atom. The highest BCUT2D eigenvalue weighted by molar-refractivity contribution is 7.80. The fraction of sp³-hybridized carbons (Fsp3) is 0.667. The largest absolute Gasteiger partial charge is 0.361 e. The molecule has 0 atom stereocenters. The molecule has 0 aromatic heterocycles. The third-order valence-electron chi connectivity index (χ3n) is 5.15. The van der Waals surface area contributed by atoms with Crippen molar-refractivity contribution in [2.24, 2.45) is 5.10 Å². The molecule has 0 radical (unpaired) electrons. The summed E-state index contributed by atoms with van der Waals surface area (Å²) < 4.78 is 0. The lowest BCUT2D eigenvalue weighted by molar-refractivity contribution is 0.535. The van der Waals surface area contributed by atoms with Gasteiger partial charge < -0.3 is 5.32 Å². The van der Waals surface area contributed by atoms with E-state index in [1.165, 1.54) is 83.5 Å². The number of unbranched alkanes of at least 4 members (excludes halogenated alkanes) is 13. The van der Waals surface area contributed by atoms with Gasteiger partial charge in [-0.25, -0.2) is 0 Å². The molecular weight excluding hydrogens is 433 g/mol. The summed E-state index contributed by atoms with van der Waals surface area (Å²) in [6.07, 6.45) is 20.8. The Labute approximate surface area is 199 Å². The van der Waals surface area contributed by atoms with Crippen LogP contribution < -0.4 is 10.7 Å². The van der Waals surface area contributed by atoms with Crippen molar-refractivity contribution in [3.8, 4) is 0 Å². The van der Waals surface area contributed by atoms with E-state index in [1.807, 2.05) is 6.07 Å². The predicted molar refractivity (Wildman–Crippen MR) is 138 cm³/mol. The van der Waals surface area contributed by atoms with Gasteiger partial charge in [0.1, 0.15) is 0 Å². The van der Waals surface area contributed by atoms with Crippen molar-refractivity contribution in [2.45, 2.75) is 96.8 Å². The van der Waals surface area contributed by atoms with Crippen molar-refractivity contribution in [1.82, 2.24) is 10.7 Å². The molecule has 0 amide bonds. The van der Waals surface area contributed by atoms with Crippen LogP contribution in [0.15, 0.2) is 23.3 Å². The van der Waals surface area contributed by atoms with Gasteiger partial charge in [0.05, 0.1) is 11.2 Å². The molecule has 0 spiro atoms. The van der Waals surface area contributed by atoms with Gasteiger partial charge in [-0.15, -0.1) is 0 Å². The summed E-state index contributed by atoms with van der Waals surface area (Å²) in [5.41, 5.74) is 3.62. The highest BCUT2D eigenvalue weighted by Gasteiger charge is 1.99. The number of hydrazone groups is 1. The van der Waals surface area contributed by atoms with Gasteiger partial charge in [0.2, 0.25) is 0 Å². The topological polar surface area (TPSA) is 36.4 Å². The Kier molecular flexibility index (Phi) is 17.1. The molecule has 30 heavy (non-hydrogen) atoms. The van der Waals surface area contributed by atoms with Crippen LogP contribution in [0.2, 0.25) is 10.0 Å². The second-order valence-electron chi connectivity index (χ2n) is 7.89. The summed E-state index contributed by atoms with van der Waals surface area (Å²) in [7, 11) is 0. The van der Waals surface area contributed by atoms with Gasteiger partial charge in [-0.3, -0.25) is 5.43 Å². The number of halogens is 2. The first-order valence-electron chi connectivity index (χ1n) is 11.7. The molecule has 0 unspecified atom stereocenters. The van der Waals surface area contributed by atoms with Gasteiger partial charge in [-0.1, -0.05) is 120 Å². The fourth-order valence-electron chi connectivity index (χ4n) is 3.33. The van der Waals surface area contributed by atoms with Crippen LogP contribution in [-0.2, 0) is 0 Å². The molecule has 0 aliphatic rings. The summed E-state index contributed by atoms with van der Waals surface area (Å²) in [6.45, 7) is 3.15. The molecule has 2 N–H and O–H groups in total. The Morgan fingerprint density at radius 2 is 1.40 bits per heavy atom. The molecule has 1 aromatic carbocycles. The Morgan fingerprint density at radius 1 is 0.867 bits per heavy atom. The molecule has 0 heterocycles. The molecule has 6 heteroatoms. The van der Waals surface area contributed by atoms with Crippen LogP contribution in [0.1, 0.15) is 102 Å². The van der Waals surface area contributed by atoms with E-state index >= 15 is 0 Å². The third-order valence-corrected chi connectivity index (χ3v) is 5.95. The van der Waals surface area contributed by atoms with Gasteiger partial charge in [0.25, 0.3) is 0 Å². The van der Waals surface area contributed by atoms with Crippen LogP contribution >= 0.6 is 35.4 Å². The summed E-state index contributed by atoms with van der Waals surface area (Å²) in [5, 5.41) is 9.01. The van der Waals surface area contributed by atoms with Gasteiger partial charge in [-0.2, -0.15) is 5.10 Å². The van der Waals surface area contributed by atoms with Crippen molar-refractivity contribution in [2.75, 3.05) is 6.54 Å². The van der Waals surface area contributed by atoms with E-state index in [0.717, 1.165) is 18.5 Å².